The molecule has 0 spiro atoms. The predicted molar refractivity (Wildman–Crippen MR) is 93.2 cm³/mol. The smallest absolute Gasteiger partial charge is 0.283 e. The Morgan fingerprint density at radius 1 is 1.13 bits per heavy atom. The topological polar surface area (TPSA) is 99.3 Å². The molecule has 0 saturated carbocycles. The van der Waals surface area contributed by atoms with E-state index in [2.05, 4.69) is 10.1 Å². The van der Waals surface area contributed by atoms with Gasteiger partial charge in [-0.05, 0) is 18.4 Å². The maximum absolute atomic E-state index is 12.0. The number of carbonyl (C=O) groups is 1. The van der Waals surface area contributed by atoms with E-state index in [0.717, 1.165) is 16.5 Å². The first-order valence-electron chi connectivity index (χ1n) is 6.74. The summed E-state index contributed by atoms with van der Waals surface area (Å²) in [7, 11) is 0. The fraction of sp³-hybridized carbons (Fsp3) is 0.0625. The maximum Gasteiger partial charge on any atom is 0.283 e. The minimum Gasteiger partial charge on any atom is -0.370 e. The van der Waals surface area contributed by atoms with Gasteiger partial charge in [-0.3, -0.25) is 4.79 Å². The summed E-state index contributed by atoms with van der Waals surface area (Å²) in [5, 5.41) is 6.47. The van der Waals surface area contributed by atoms with Crippen molar-refractivity contribution in [3.05, 3.63) is 59.9 Å². The van der Waals surface area contributed by atoms with Gasteiger partial charge >= 0.3 is 0 Å². The van der Waals surface area contributed by atoms with Gasteiger partial charge < -0.3 is 11.5 Å². The molecule has 1 heterocycles. The largest absolute Gasteiger partial charge is 0.370 e. The molecule has 6 nitrogen and oxygen atoms in total. The monoisotopic (exact) mass is 329 g/mol. The minimum absolute atomic E-state index is 0. The molecule has 0 aliphatic heterocycles. The number of benzene rings is 2. The number of nitrogens with two attached hydrogens (primary N) is 2. The Balaban J connectivity index is 0.00000192. The van der Waals surface area contributed by atoms with Crippen LogP contribution in [-0.2, 0) is 0 Å². The predicted octanol–water partition coefficient (Wildman–Crippen LogP) is 2.17. The van der Waals surface area contributed by atoms with Crippen molar-refractivity contribution in [2.75, 3.05) is 0 Å². The molecular formula is C16H16ClN5O. The third-order valence-corrected chi connectivity index (χ3v) is 3.47. The van der Waals surface area contributed by atoms with Crippen LogP contribution < -0.4 is 11.5 Å². The van der Waals surface area contributed by atoms with Gasteiger partial charge in [0.1, 0.15) is 0 Å². The Hall–Kier alpha value is -2.86. The zero-order chi connectivity index (χ0) is 15.7. The zero-order valence-corrected chi connectivity index (χ0v) is 13.2. The summed E-state index contributed by atoms with van der Waals surface area (Å²) in [5.74, 6) is -0.758. The van der Waals surface area contributed by atoms with Crippen LogP contribution in [0.1, 0.15) is 16.1 Å². The summed E-state index contributed by atoms with van der Waals surface area (Å²) in [6.45, 7) is 1.81. The Labute approximate surface area is 139 Å². The average Bonchev–Trinajstić information content (AvgIpc) is 2.87. The fourth-order valence-electron chi connectivity index (χ4n) is 2.43. The van der Waals surface area contributed by atoms with Crippen LogP contribution in [0.2, 0.25) is 0 Å². The summed E-state index contributed by atoms with van der Waals surface area (Å²) < 4.78 is 1.72. The summed E-state index contributed by atoms with van der Waals surface area (Å²) in [5.41, 5.74) is 12.5. The van der Waals surface area contributed by atoms with Gasteiger partial charge in [0, 0.05) is 5.39 Å². The summed E-state index contributed by atoms with van der Waals surface area (Å²) in [6.07, 6.45) is 1.48. The van der Waals surface area contributed by atoms with Gasteiger partial charge in [-0.25, -0.2) is 4.68 Å². The number of guanidine groups is 1. The van der Waals surface area contributed by atoms with Crippen LogP contribution in [0.25, 0.3) is 16.5 Å². The number of amides is 1. The van der Waals surface area contributed by atoms with Gasteiger partial charge in [-0.1, -0.05) is 36.4 Å². The molecule has 0 aliphatic carbocycles. The van der Waals surface area contributed by atoms with Crippen LogP contribution >= 0.6 is 12.4 Å². The average molecular weight is 330 g/mol. The van der Waals surface area contributed by atoms with Crippen molar-refractivity contribution < 1.29 is 4.79 Å². The highest BCUT2D eigenvalue weighted by Crippen LogP contribution is 2.24. The third kappa shape index (κ3) is 3.02. The molecule has 23 heavy (non-hydrogen) atoms. The molecule has 3 aromatic rings. The Morgan fingerprint density at radius 2 is 1.83 bits per heavy atom. The molecule has 0 saturated heterocycles. The van der Waals surface area contributed by atoms with Gasteiger partial charge in [-0.15, -0.1) is 12.4 Å². The lowest BCUT2D eigenvalue weighted by Crippen LogP contribution is -2.24. The molecule has 1 aromatic heterocycles. The van der Waals surface area contributed by atoms with E-state index in [1.54, 1.807) is 4.68 Å². The Kier molecular flexibility index (Phi) is 4.66. The third-order valence-electron chi connectivity index (χ3n) is 3.47. The zero-order valence-electron chi connectivity index (χ0n) is 12.4. The number of rotatable bonds is 2. The molecule has 118 valence electrons. The van der Waals surface area contributed by atoms with E-state index < -0.39 is 5.91 Å². The highest BCUT2D eigenvalue weighted by molar-refractivity contribution is 6.02. The van der Waals surface area contributed by atoms with Gasteiger partial charge in [-0.2, -0.15) is 10.1 Å². The van der Waals surface area contributed by atoms with Gasteiger partial charge in [0.15, 0.2) is 5.96 Å². The quantitative estimate of drug-likeness (QED) is 0.556. The number of fused-ring (bicyclic) bond motifs is 1. The molecular weight excluding hydrogens is 314 g/mol. The number of halogens is 1. The molecule has 0 fully saturated rings. The second-order valence-corrected chi connectivity index (χ2v) is 4.90. The lowest BCUT2D eigenvalue weighted by atomic mass is 10.1. The van der Waals surface area contributed by atoms with E-state index in [0.29, 0.717) is 11.3 Å². The van der Waals surface area contributed by atoms with E-state index in [9.17, 15) is 4.79 Å². The number of carbonyl (C=O) groups excluding carboxylic acids is 1. The summed E-state index contributed by atoms with van der Waals surface area (Å²) in [4.78, 5) is 15.5. The maximum atomic E-state index is 12.0. The molecule has 7 heteroatoms. The fourth-order valence-corrected chi connectivity index (χ4v) is 2.43. The van der Waals surface area contributed by atoms with Crippen molar-refractivity contribution >= 4 is 35.0 Å². The molecule has 0 unspecified atom stereocenters. The Morgan fingerprint density at radius 3 is 2.57 bits per heavy atom. The lowest BCUT2D eigenvalue weighted by Gasteiger charge is -2.08. The summed E-state index contributed by atoms with van der Waals surface area (Å²) >= 11 is 0. The van der Waals surface area contributed by atoms with Gasteiger partial charge in [0.05, 0.1) is 23.1 Å². The van der Waals surface area contributed by atoms with Crippen molar-refractivity contribution in [1.29, 1.82) is 0 Å². The van der Waals surface area contributed by atoms with E-state index in [-0.39, 0.29) is 18.4 Å². The molecule has 0 radical (unpaired) electrons. The van der Waals surface area contributed by atoms with E-state index >= 15 is 0 Å². The Bertz CT molecular complexity index is 891. The van der Waals surface area contributed by atoms with E-state index in [4.69, 9.17) is 11.5 Å². The summed E-state index contributed by atoms with van der Waals surface area (Å²) in [6, 6.07) is 13.9. The minimum atomic E-state index is -0.496. The molecule has 2 aromatic carbocycles. The van der Waals surface area contributed by atoms with Crippen molar-refractivity contribution in [1.82, 2.24) is 9.78 Å². The number of aliphatic imine (C=N–C) groups is 1. The van der Waals surface area contributed by atoms with Crippen molar-refractivity contribution in [3.63, 3.8) is 0 Å². The van der Waals surface area contributed by atoms with Crippen LogP contribution in [-0.4, -0.2) is 21.6 Å². The number of hydrogen-bond donors (Lipinski definition) is 2. The molecule has 0 bridgehead atoms. The SMILES string of the molecule is Cc1c(C(=O)N=C(N)N)cnn1-c1cccc2ccccc12.Cl. The normalized spacial score (nSPS) is 10.1. The van der Waals surface area contributed by atoms with Crippen LogP contribution in [0.3, 0.4) is 0 Å². The number of nitrogens with zero attached hydrogens (tertiary/aromatic N) is 3. The second-order valence-electron chi connectivity index (χ2n) is 4.90. The number of hydrogen-bond acceptors (Lipinski definition) is 2. The molecule has 4 N–H and O–H groups in total. The lowest BCUT2D eigenvalue weighted by molar-refractivity contribution is 0.100. The van der Waals surface area contributed by atoms with Crippen LogP contribution in [0.4, 0.5) is 0 Å². The molecule has 0 aliphatic rings. The van der Waals surface area contributed by atoms with E-state index in [1.807, 2.05) is 49.4 Å². The standard InChI is InChI=1S/C16H15N5O.ClH/c1-10-13(15(22)20-16(17)18)9-19-21(10)14-8-4-6-11-5-2-3-7-12(11)14;/h2-9H,1H3,(H4,17,18,20,22);1H. The molecule has 1 amide bonds. The van der Waals surface area contributed by atoms with Gasteiger partial charge in [0.2, 0.25) is 0 Å². The van der Waals surface area contributed by atoms with E-state index in [1.165, 1.54) is 6.20 Å². The van der Waals surface area contributed by atoms with Gasteiger partial charge in [0.25, 0.3) is 5.91 Å². The van der Waals surface area contributed by atoms with Crippen LogP contribution in [0.15, 0.2) is 53.7 Å². The van der Waals surface area contributed by atoms with Crippen molar-refractivity contribution in [2.45, 2.75) is 6.92 Å². The second kappa shape index (κ2) is 6.50. The highest BCUT2D eigenvalue weighted by Gasteiger charge is 2.15. The van der Waals surface area contributed by atoms with Crippen LogP contribution in [0, 0.1) is 6.92 Å². The molecule has 3 rings (SSSR count). The van der Waals surface area contributed by atoms with Crippen molar-refractivity contribution in [2.24, 2.45) is 16.5 Å². The van der Waals surface area contributed by atoms with Crippen LogP contribution in [0.5, 0.6) is 0 Å². The number of aromatic nitrogens is 2. The van der Waals surface area contributed by atoms with Crippen molar-refractivity contribution in [3.8, 4) is 5.69 Å². The first-order valence-corrected chi connectivity index (χ1v) is 6.74. The molecule has 0 atom stereocenters. The highest BCUT2D eigenvalue weighted by atomic mass is 35.5. The first kappa shape index (κ1) is 16.5. The first-order chi connectivity index (χ1) is 10.6.